The Balaban J connectivity index is 1.61. The van der Waals surface area contributed by atoms with Gasteiger partial charge in [0.1, 0.15) is 0 Å². The second-order valence-electron chi connectivity index (χ2n) is 9.85. The predicted octanol–water partition coefficient (Wildman–Crippen LogP) is 2.89. The van der Waals surface area contributed by atoms with Crippen LogP contribution in [-0.4, -0.2) is 74.0 Å². The van der Waals surface area contributed by atoms with Crippen molar-refractivity contribution in [1.29, 1.82) is 0 Å². The summed E-state index contributed by atoms with van der Waals surface area (Å²) in [4.78, 5) is 27.6. The molecule has 190 valence electrons. The number of rotatable bonds is 5. The van der Waals surface area contributed by atoms with Crippen LogP contribution in [0.5, 0.6) is 0 Å². The second kappa shape index (κ2) is 10.3. The van der Waals surface area contributed by atoms with Crippen LogP contribution >= 0.6 is 0 Å². The summed E-state index contributed by atoms with van der Waals surface area (Å²) in [6, 6.07) is 2.01. The topological polar surface area (TPSA) is 93.2 Å². The van der Waals surface area contributed by atoms with Crippen LogP contribution in [0, 0.1) is 33.6 Å². The summed E-state index contributed by atoms with van der Waals surface area (Å²) in [6.45, 7) is 14.4. The van der Waals surface area contributed by atoms with Crippen LogP contribution in [0.15, 0.2) is 11.0 Å². The van der Waals surface area contributed by atoms with Crippen LogP contribution in [0.1, 0.15) is 55.9 Å². The molecular formula is C25H38N2O6S. The zero-order chi connectivity index (χ0) is 25.4. The molecule has 1 amide bonds. The first-order chi connectivity index (χ1) is 15.8. The maximum absolute atomic E-state index is 13.5. The lowest BCUT2D eigenvalue weighted by Crippen LogP contribution is -2.51. The maximum Gasteiger partial charge on any atom is 0.309 e. The third-order valence-corrected chi connectivity index (χ3v) is 9.23. The lowest BCUT2D eigenvalue weighted by molar-refractivity contribution is -0.167. The van der Waals surface area contributed by atoms with Gasteiger partial charge in [-0.1, -0.05) is 6.07 Å². The Morgan fingerprint density at radius 1 is 1.00 bits per heavy atom. The van der Waals surface area contributed by atoms with E-state index in [1.165, 1.54) is 4.31 Å². The zero-order valence-corrected chi connectivity index (χ0v) is 22.2. The van der Waals surface area contributed by atoms with E-state index in [4.69, 9.17) is 9.47 Å². The predicted molar refractivity (Wildman–Crippen MR) is 129 cm³/mol. The Kier molecular flexibility index (Phi) is 8.10. The van der Waals surface area contributed by atoms with Crippen molar-refractivity contribution in [2.24, 2.45) is 5.92 Å². The van der Waals surface area contributed by atoms with Gasteiger partial charge in [-0.3, -0.25) is 9.59 Å². The van der Waals surface area contributed by atoms with E-state index >= 15 is 0 Å². The first-order valence-electron chi connectivity index (χ1n) is 12.0. The van der Waals surface area contributed by atoms with Crippen molar-refractivity contribution in [1.82, 2.24) is 9.21 Å². The number of carbonyl (C=O) groups excluding carboxylic acids is 2. The number of ether oxygens (including phenoxy) is 2. The molecule has 0 radical (unpaired) electrons. The minimum Gasteiger partial charge on any atom is -0.452 e. The van der Waals surface area contributed by atoms with Gasteiger partial charge < -0.3 is 14.4 Å². The quantitative estimate of drug-likeness (QED) is 0.585. The highest BCUT2D eigenvalue weighted by Crippen LogP contribution is 2.31. The second-order valence-corrected chi connectivity index (χ2v) is 11.7. The molecule has 9 heteroatoms. The number of morpholine rings is 1. The molecule has 0 N–H and O–H groups in total. The monoisotopic (exact) mass is 494 g/mol. The van der Waals surface area contributed by atoms with E-state index in [1.807, 2.05) is 47.6 Å². The number of piperidine rings is 1. The summed E-state index contributed by atoms with van der Waals surface area (Å²) in [5.74, 6) is -1.09. The van der Waals surface area contributed by atoms with Crippen molar-refractivity contribution >= 4 is 21.9 Å². The smallest absolute Gasteiger partial charge is 0.309 e. The van der Waals surface area contributed by atoms with Gasteiger partial charge >= 0.3 is 5.97 Å². The van der Waals surface area contributed by atoms with Crippen molar-refractivity contribution in [2.75, 3.05) is 26.2 Å². The van der Waals surface area contributed by atoms with Crippen molar-refractivity contribution in [3.05, 3.63) is 28.3 Å². The number of hydrogen-bond acceptors (Lipinski definition) is 6. The Labute approximate surface area is 203 Å². The Morgan fingerprint density at radius 2 is 1.50 bits per heavy atom. The molecule has 0 saturated carbocycles. The number of amides is 1. The Bertz CT molecular complexity index is 1010. The first kappa shape index (κ1) is 26.6. The molecule has 0 aromatic heterocycles. The van der Waals surface area contributed by atoms with Crippen LogP contribution in [0.2, 0.25) is 0 Å². The third kappa shape index (κ3) is 5.47. The lowest BCUT2D eigenvalue weighted by Gasteiger charge is -2.36. The lowest BCUT2D eigenvalue weighted by atomic mass is 9.98. The molecule has 0 aliphatic carbocycles. The normalized spacial score (nSPS) is 23.6. The number of nitrogens with zero attached hydrogens (tertiary/aromatic N) is 2. The summed E-state index contributed by atoms with van der Waals surface area (Å²) < 4.78 is 39.6. The Morgan fingerprint density at radius 3 is 2.00 bits per heavy atom. The van der Waals surface area contributed by atoms with Crippen molar-refractivity contribution in [3.63, 3.8) is 0 Å². The maximum atomic E-state index is 13.5. The number of hydrogen-bond donors (Lipinski definition) is 0. The summed E-state index contributed by atoms with van der Waals surface area (Å²) in [7, 11) is -3.67. The van der Waals surface area contributed by atoms with Crippen LogP contribution in [0.4, 0.5) is 0 Å². The molecule has 34 heavy (non-hydrogen) atoms. The summed E-state index contributed by atoms with van der Waals surface area (Å²) in [5, 5.41) is 0. The van der Waals surface area contributed by atoms with E-state index in [1.54, 1.807) is 11.8 Å². The molecular weight excluding hydrogens is 456 g/mol. The van der Waals surface area contributed by atoms with E-state index in [0.29, 0.717) is 30.8 Å². The molecule has 2 aliphatic rings. The van der Waals surface area contributed by atoms with Crippen LogP contribution in [0.25, 0.3) is 0 Å². The van der Waals surface area contributed by atoms with Gasteiger partial charge in [0, 0.05) is 26.2 Å². The highest BCUT2D eigenvalue weighted by Gasteiger charge is 2.36. The average molecular weight is 495 g/mol. The molecule has 2 saturated heterocycles. The molecule has 3 unspecified atom stereocenters. The van der Waals surface area contributed by atoms with Gasteiger partial charge in [-0.25, -0.2) is 8.42 Å². The van der Waals surface area contributed by atoms with E-state index in [9.17, 15) is 18.0 Å². The van der Waals surface area contributed by atoms with Crippen molar-refractivity contribution in [3.8, 4) is 0 Å². The highest BCUT2D eigenvalue weighted by molar-refractivity contribution is 7.89. The number of benzene rings is 1. The van der Waals surface area contributed by atoms with Crippen LogP contribution < -0.4 is 0 Å². The number of esters is 1. The molecule has 0 spiro atoms. The SMILES string of the molecule is Cc1cc(C)c(C)c(S(=O)(=O)N2CCC(C(=O)OC(C)C(=O)N3CC(C)OC(C)C3)CC2)c1C. The largest absolute Gasteiger partial charge is 0.452 e. The van der Waals surface area contributed by atoms with E-state index in [0.717, 1.165) is 22.3 Å². The van der Waals surface area contributed by atoms with Crippen LogP contribution in [0.3, 0.4) is 0 Å². The fraction of sp³-hybridized carbons (Fsp3) is 0.680. The van der Waals surface area contributed by atoms with Gasteiger partial charge in [-0.2, -0.15) is 4.31 Å². The minimum absolute atomic E-state index is 0.0636. The molecule has 8 nitrogen and oxygen atoms in total. The van der Waals surface area contributed by atoms with Crippen LogP contribution in [-0.2, 0) is 29.1 Å². The summed E-state index contributed by atoms with van der Waals surface area (Å²) >= 11 is 0. The Hall–Kier alpha value is -1.97. The standard InChI is InChI=1S/C25H38N2O6S/c1-15-12-16(2)20(6)23(19(15)5)34(30,31)27-10-8-22(9-11-27)25(29)33-21(7)24(28)26-13-17(3)32-18(4)14-26/h12,17-18,21-22H,8-11,13-14H2,1-7H3. The number of aryl methyl sites for hydroxylation is 2. The van der Waals surface area contributed by atoms with Crippen molar-refractivity contribution in [2.45, 2.75) is 84.5 Å². The van der Waals surface area contributed by atoms with E-state index < -0.39 is 28.0 Å². The molecule has 3 rings (SSSR count). The van der Waals surface area contributed by atoms with Gasteiger partial charge in [-0.15, -0.1) is 0 Å². The van der Waals surface area contributed by atoms with Gasteiger partial charge in [0.15, 0.2) is 6.10 Å². The molecule has 2 aliphatic heterocycles. The fourth-order valence-corrected chi connectivity index (χ4v) is 7.01. The molecule has 3 atom stereocenters. The molecule has 1 aromatic carbocycles. The number of carbonyl (C=O) groups is 2. The summed E-state index contributed by atoms with van der Waals surface area (Å²) in [5.41, 5.74) is 3.43. The van der Waals surface area contributed by atoms with Crippen molar-refractivity contribution < 1.29 is 27.5 Å². The molecule has 1 aromatic rings. The van der Waals surface area contributed by atoms with Gasteiger partial charge in [0.05, 0.1) is 23.0 Å². The van der Waals surface area contributed by atoms with E-state index in [2.05, 4.69) is 0 Å². The molecule has 2 heterocycles. The summed E-state index contributed by atoms with van der Waals surface area (Å²) in [6.07, 6.45) is -0.272. The van der Waals surface area contributed by atoms with Gasteiger partial charge in [0.25, 0.3) is 5.91 Å². The van der Waals surface area contributed by atoms with Gasteiger partial charge in [-0.05, 0) is 83.6 Å². The average Bonchev–Trinajstić information content (AvgIpc) is 2.76. The van der Waals surface area contributed by atoms with Gasteiger partial charge in [0.2, 0.25) is 10.0 Å². The minimum atomic E-state index is -3.67. The molecule has 0 bridgehead atoms. The zero-order valence-electron chi connectivity index (χ0n) is 21.4. The highest BCUT2D eigenvalue weighted by atomic mass is 32.2. The molecule has 2 fully saturated rings. The fourth-order valence-electron chi connectivity index (χ4n) is 4.96. The third-order valence-electron chi connectivity index (χ3n) is 7.05. The first-order valence-corrected chi connectivity index (χ1v) is 13.5. The number of sulfonamides is 1. The van der Waals surface area contributed by atoms with E-state index in [-0.39, 0.29) is 31.2 Å².